The van der Waals surface area contributed by atoms with Crippen LogP contribution in [-0.4, -0.2) is 15.7 Å². The first kappa shape index (κ1) is 15.8. The molecule has 4 aromatic rings. The molecule has 0 aliphatic carbocycles. The summed E-state index contributed by atoms with van der Waals surface area (Å²) < 4.78 is 0. The van der Waals surface area contributed by atoms with Gasteiger partial charge in [0.05, 0.1) is 0 Å². The molecule has 2 heteroatoms. The van der Waals surface area contributed by atoms with E-state index in [1.54, 1.807) is 0 Å². The maximum atomic E-state index is 6.70. The molecule has 0 aliphatic heterocycles. The van der Waals surface area contributed by atoms with Crippen molar-refractivity contribution in [3.05, 3.63) is 84.4 Å². The van der Waals surface area contributed by atoms with Crippen molar-refractivity contribution in [2.45, 2.75) is 6.92 Å². The average Bonchev–Trinajstić information content (AvgIpc) is 2.65. The predicted octanol–water partition coefficient (Wildman–Crippen LogP) is 4.07. The Morgan fingerprint density at radius 3 is 1.64 bits per heavy atom. The van der Waals surface area contributed by atoms with Crippen molar-refractivity contribution in [2.24, 2.45) is 0 Å². The molecule has 0 aromatic heterocycles. The van der Waals surface area contributed by atoms with Crippen LogP contribution in [-0.2, 0) is 0 Å². The van der Waals surface area contributed by atoms with Crippen LogP contribution in [0.4, 0.5) is 0 Å². The molecule has 25 heavy (non-hydrogen) atoms. The lowest BCUT2D eigenvalue weighted by atomic mass is 9.71. The van der Waals surface area contributed by atoms with Crippen molar-refractivity contribution in [3.8, 4) is 22.3 Å². The van der Waals surface area contributed by atoms with Gasteiger partial charge in [-0.2, -0.15) is 0 Å². The monoisotopic (exact) mass is 314 g/mol. The van der Waals surface area contributed by atoms with E-state index < -0.39 is 0 Å². The van der Waals surface area contributed by atoms with Gasteiger partial charge in [-0.3, -0.25) is 0 Å². The van der Waals surface area contributed by atoms with Gasteiger partial charge in [0.15, 0.2) is 0 Å². The zero-order valence-corrected chi connectivity index (χ0v) is 14.2. The first-order valence-electron chi connectivity index (χ1n) is 8.39. The summed E-state index contributed by atoms with van der Waals surface area (Å²) in [6.45, 7) is 2.08. The molecule has 0 saturated carbocycles. The maximum absolute atomic E-state index is 6.70. The Hall–Kier alpha value is -2.73. The molecule has 0 bridgehead atoms. The third-order valence-corrected chi connectivity index (χ3v) is 4.75. The van der Waals surface area contributed by atoms with Crippen LogP contribution in [0.5, 0.6) is 0 Å². The van der Waals surface area contributed by atoms with E-state index in [4.69, 9.17) is 15.7 Å². The summed E-state index contributed by atoms with van der Waals surface area (Å²) in [5, 5.41) is 2.05. The van der Waals surface area contributed by atoms with Gasteiger partial charge in [0.2, 0.25) is 0 Å². The first-order valence-corrected chi connectivity index (χ1v) is 8.39. The number of benzene rings is 4. The van der Waals surface area contributed by atoms with E-state index in [0.29, 0.717) is 0 Å². The van der Waals surface area contributed by atoms with Gasteiger partial charge in [0.25, 0.3) is 0 Å². The quantitative estimate of drug-likeness (QED) is 0.489. The topological polar surface area (TPSA) is 0 Å². The highest BCUT2D eigenvalue weighted by Gasteiger charge is 2.17. The zero-order chi connectivity index (χ0) is 17.4. The Bertz CT molecular complexity index is 1050. The average molecular weight is 314 g/mol. The molecule has 4 rings (SSSR count). The van der Waals surface area contributed by atoms with E-state index in [1.807, 2.05) is 42.5 Å². The van der Waals surface area contributed by atoms with E-state index in [-0.39, 0.29) is 0 Å². The molecule has 0 N–H and O–H groups in total. The Labute approximate surface area is 151 Å². The van der Waals surface area contributed by atoms with Crippen molar-refractivity contribution < 1.29 is 0 Å². The first-order chi connectivity index (χ1) is 12.2. The molecule has 0 spiro atoms. The summed E-state index contributed by atoms with van der Waals surface area (Å²) in [5.41, 5.74) is 6.86. The molecule has 0 atom stereocenters. The van der Waals surface area contributed by atoms with E-state index >= 15 is 0 Å². The van der Waals surface area contributed by atoms with Gasteiger partial charge in [-0.05, 0) is 45.5 Å². The van der Waals surface area contributed by atoms with Gasteiger partial charge >= 0.3 is 0 Å². The summed E-state index contributed by atoms with van der Waals surface area (Å²) >= 11 is 0. The minimum absolute atomic E-state index is 0.776. The lowest BCUT2D eigenvalue weighted by Crippen LogP contribution is -2.21. The van der Waals surface area contributed by atoms with Crippen LogP contribution >= 0.6 is 0 Å². The largest absolute Gasteiger partial charge is 0.115 e. The standard InChI is InChI=1S/C23H16B2/c1-15-9-8-14-18-19(15)23(25)21(17-12-6-3-7-13-17)20(22(18)24)16-10-4-2-5-11-16/h2-14H,1H3. The minimum Gasteiger partial charge on any atom is -0.0807 e. The van der Waals surface area contributed by atoms with Crippen molar-refractivity contribution >= 4 is 37.4 Å². The Morgan fingerprint density at radius 2 is 1.08 bits per heavy atom. The Kier molecular flexibility index (Phi) is 3.97. The number of hydrogen-bond acceptors (Lipinski definition) is 0. The Morgan fingerprint density at radius 1 is 0.560 bits per heavy atom. The lowest BCUT2D eigenvalue weighted by Gasteiger charge is -2.22. The van der Waals surface area contributed by atoms with Gasteiger partial charge in [-0.25, -0.2) is 0 Å². The van der Waals surface area contributed by atoms with E-state index in [1.165, 1.54) is 0 Å². The second kappa shape index (κ2) is 6.29. The fraction of sp³-hybridized carbons (Fsp3) is 0.0435. The summed E-state index contributed by atoms with van der Waals surface area (Å²) in [5.74, 6) is 0. The van der Waals surface area contributed by atoms with Crippen LogP contribution in [0.2, 0.25) is 0 Å². The zero-order valence-electron chi connectivity index (χ0n) is 14.2. The van der Waals surface area contributed by atoms with E-state index in [9.17, 15) is 0 Å². The minimum atomic E-state index is 0.776. The van der Waals surface area contributed by atoms with Gasteiger partial charge in [-0.15, -0.1) is 0 Å². The van der Waals surface area contributed by atoms with Gasteiger partial charge in [0.1, 0.15) is 15.7 Å². The number of aryl methyl sites for hydroxylation is 1. The smallest absolute Gasteiger partial charge is 0.0807 e. The summed E-state index contributed by atoms with van der Waals surface area (Å²) in [6.07, 6.45) is 0. The maximum Gasteiger partial charge on any atom is 0.115 e. The van der Waals surface area contributed by atoms with Gasteiger partial charge in [0, 0.05) is 0 Å². The molecule has 0 saturated heterocycles. The van der Waals surface area contributed by atoms with Crippen LogP contribution in [0.15, 0.2) is 78.9 Å². The normalized spacial score (nSPS) is 10.9. The van der Waals surface area contributed by atoms with Crippen LogP contribution < -0.4 is 10.9 Å². The molecule has 4 radical (unpaired) electrons. The molecular formula is C23H16B2. The number of rotatable bonds is 2. The number of hydrogen-bond donors (Lipinski definition) is 0. The van der Waals surface area contributed by atoms with Crippen LogP contribution in [0.25, 0.3) is 33.0 Å². The van der Waals surface area contributed by atoms with Gasteiger partial charge < -0.3 is 0 Å². The van der Waals surface area contributed by atoms with E-state index in [2.05, 4.69) is 43.3 Å². The van der Waals surface area contributed by atoms with Crippen molar-refractivity contribution in [1.82, 2.24) is 0 Å². The van der Waals surface area contributed by atoms with E-state index in [0.717, 1.165) is 49.5 Å². The molecule has 114 valence electrons. The van der Waals surface area contributed by atoms with Crippen LogP contribution in [0.3, 0.4) is 0 Å². The lowest BCUT2D eigenvalue weighted by molar-refractivity contribution is 1.54. The van der Waals surface area contributed by atoms with Crippen LogP contribution in [0, 0.1) is 6.92 Å². The molecule has 0 fully saturated rings. The number of fused-ring (bicyclic) bond motifs is 1. The fourth-order valence-corrected chi connectivity index (χ4v) is 3.59. The SMILES string of the molecule is [B]c1c(-c2ccccc2)c(-c2ccccc2)c([B])c2c(C)cccc12. The van der Waals surface area contributed by atoms with Gasteiger partial charge in [-0.1, -0.05) is 89.8 Å². The summed E-state index contributed by atoms with van der Waals surface area (Å²) in [6, 6.07) is 26.6. The third-order valence-electron chi connectivity index (χ3n) is 4.75. The second-order valence-electron chi connectivity index (χ2n) is 6.31. The highest BCUT2D eigenvalue weighted by atomic mass is 14.2. The molecule has 0 heterocycles. The van der Waals surface area contributed by atoms with Crippen molar-refractivity contribution in [2.75, 3.05) is 0 Å². The molecular weight excluding hydrogens is 298 g/mol. The molecule has 0 amide bonds. The highest BCUT2D eigenvalue weighted by molar-refractivity contribution is 6.51. The molecule has 0 nitrogen and oxygen atoms in total. The fourth-order valence-electron chi connectivity index (χ4n) is 3.59. The highest BCUT2D eigenvalue weighted by Crippen LogP contribution is 2.32. The molecule has 0 aliphatic rings. The van der Waals surface area contributed by atoms with Crippen molar-refractivity contribution in [3.63, 3.8) is 0 Å². The second-order valence-corrected chi connectivity index (χ2v) is 6.31. The Balaban J connectivity index is 2.21. The van der Waals surface area contributed by atoms with Crippen molar-refractivity contribution in [1.29, 1.82) is 0 Å². The predicted molar refractivity (Wildman–Crippen MR) is 110 cm³/mol. The summed E-state index contributed by atoms with van der Waals surface area (Å²) in [7, 11) is 13.4. The molecule has 4 aromatic carbocycles. The van der Waals surface area contributed by atoms with Crippen LogP contribution in [0.1, 0.15) is 5.56 Å². The third kappa shape index (κ3) is 2.59. The molecule has 0 unspecified atom stereocenters. The summed E-state index contributed by atoms with van der Waals surface area (Å²) in [4.78, 5) is 0.